The van der Waals surface area contributed by atoms with Crippen LogP contribution in [0.2, 0.25) is 10.0 Å². The van der Waals surface area contributed by atoms with Crippen molar-refractivity contribution in [2.24, 2.45) is 5.41 Å². The van der Waals surface area contributed by atoms with E-state index in [-0.39, 0.29) is 24.3 Å². The molecule has 0 bridgehead atoms. The molecule has 0 aromatic heterocycles. The number of ether oxygens (including phenoxy) is 1. The van der Waals surface area contributed by atoms with Gasteiger partial charge >= 0.3 is 5.97 Å². The highest BCUT2D eigenvalue weighted by Crippen LogP contribution is 2.42. The molecule has 0 aliphatic carbocycles. The van der Waals surface area contributed by atoms with Crippen LogP contribution < -0.4 is 4.90 Å². The first kappa shape index (κ1) is 27.0. The monoisotopic (exact) mass is 520 g/mol. The third kappa shape index (κ3) is 6.75. The number of halogens is 2. The smallest absolute Gasteiger partial charge is 0.323 e. The van der Waals surface area contributed by atoms with Gasteiger partial charge in [-0.05, 0) is 29.7 Å². The number of amides is 2. The highest BCUT2D eigenvalue weighted by molar-refractivity contribution is 6.31. The van der Waals surface area contributed by atoms with Crippen LogP contribution in [0.25, 0.3) is 0 Å². The van der Waals surface area contributed by atoms with Crippen molar-refractivity contribution >= 4 is 46.7 Å². The Morgan fingerprint density at radius 3 is 2.40 bits per heavy atom. The quantitative estimate of drug-likeness (QED) is 0.543. The summed E-state index contributed by atoms with van der Waals surface area (Å²) in [7, 11) is 0. The summed E-state index contributed by atoms with van der Waals surface area (Å²) in [6, 6.07) is 12.6. The number of anilines is 1. The van der Waals surface area contributed by atoms with Gasteiger partial charge in [0.05, 0.1) is 0 Å². The molecule has 2 atom stereocenters. The SMILES string of the molecule is CC(=O)N(CCC1OC(c2ccccc2Cl)c2cc(Cl)ccc2N(CC(C)(C)C)C1=O)CC(=O)O. The fourth-order valence-corrected chi connectivity index (χ4v) is 4.53. The summed E-state index contributed by atoms with van der Waals surface area (Å²) in [6.07, 6.45) is -1.52. The molecule has 1 N–H and O–H groups in total. The number of hydrogen-bond acceptors (Lipinski definition) is 4. The highest BCUT2D eigenvalue weighted by Gasteiger charge is 2.38. The third-order valence-corrected chi connectivity index (χ3v) is 6.24. The summed E-state index contributed by atoms with van der Waals surface area (Å²) in [5.41, 5.74) is 1.84. The molecule has 1 heterocycles. The van der Waals surface area contributed by atoms with Crippen molar-refractivity contribution in [1.29, 1.82) is 0 Å². The Hall–Kier alpha value is -2.61. The molecule has 0 saturated heterocycles. The molecular formula is C26H30Cl2N2O5. The number of carbonyl (C=O) groups is 3. The van der Waals surface area contributed by atoms with Crippen molar-refractivity contribution in [1.82, 2.24) is 4.90 Å². The Bertz CT molecular complexity index is 1120. The van der Waals surface area contributed by atoms with Crippen molar-refractivity contribution < 1.29 is 24.2 Å². The molecule has 1 aliphatic heterocycles. The molecule has 7 nitrogen and oxygen atoms in total. The van der Waals surface area contributed by atoms with Gasteiger partial charge in [0.15, 0.2) is 0 Å². The number of carboxylic acid groups (broad SMARTS) is 1. The summed E-state index contributed by atoms with van der Waals surface area (Å²) < 4.78 is 6.43. The number of hydrogen-bond donors (Lipinski definition) is 1. The van der Waals surface area contributed by atoms with Gasteiger partial charge in [-0.15, -0.1) is 0 Å². The summed E-state index contributed by atoms with van der Waals surface area (Å²) >= 11 is 12.9. The van der Waals surface area contributed by atoms with Gasteiger partial charge in [0.1, 0.15) is 18.8 Å². The molecule has 9 heteroatoms. The van der Waals surface area contributed by atoms with Crippen LogP contribution in [-0.4, -0.2) is 53.5 Å². The molecular weight excluding hydrogens is 491 g/mol. The van der Waals surface area contributed by atoms with E-state index in [0.717, 1.165) is 0 Å². The second kappa shape index (κ2) is 11.0. The van der Waals surface area contributed by atoms with Crippen LogP contribution in [0, 0.1) is 5.41 Å². The van der Waals surface area contributed by atoms with Crippen LogP contribution in [0.15, 0.2) is 42.5 Å². The van der Waals surface area contributed by atoms with Gasteiger partial charge in [-0.3, -0.25) is 14.4 Å². The lowest BCUT2D eigenvalue weighted by Gasteiger charge is -2.32. The lowest BCUT2D eigenvalue weighted by atomic mass is 9.94. The van der Waals surface area contributed by atoms with Gasteiger partial charge in [0.2, 0.25) is 5.91 Å². The topological polar surface area (TPSA) is 87.2 Å². The largest absolute Gasteiger partial charge is 0.480 e. The Morgan fingerprint density at radius 2 is 1.80 bits per heavy atom. The molecule has 0 spiro atoms. The zero-order chi connectivity index (χ0) is 25.9. The van der Waals surface area contributed by atoms with Crippen molar-refractivity contribution in [3.8, 4) is 0 Å². The zero-order valence-corrected chi connectivity index (χ0v) is 21.8. The van der Waals surface area contributed by atoms with E-state index < -0.39 is 30.6 Å². The number of carboxylic acids is 1. The fraction of sp³-hybridized carbons (Fsp3) is 0.423. The predicted octanol–water partition coefficient (Wildman–Crippen LogP) is 5.18. The molecule has 0 radical (unpaired) electrons. The van der Waals surface area contributed by atoms with Crippen molar-refractivity contribution in [3.63, 3.8) is 0 Å². The summed E-state index contributed by atoms with van der Waals surface area (Å²) in [6.45, 7) is 7.42. The standard InChI is InChI=1S/C26H30Cl2N2O5/c1-16(31)29(14-23(32)33)12-11-22-25(34)30(15-26(2,3)4)21-10-9-17(27)13-19(21)24(35-22)18-7-5-6-8-20(18)28/h5-10,13,22,24H,11-12,14-15H2,1-4H3,(H,32,33). The van der Waals surface area contributed by atoms with Gasteiger partial charge in [-0.1, -0.05) is 62.2 Å². The maximum Gasteiger partial charge on any atom is 0.323 e. The molecule has 2 amide bonds. The van der Waals surface area contributed by atoms with E-state index in [9.17, 15) is 19.5 Å². The molecule has 35 heavy (non-hydrogen) atoms. The van der Waals surface area contributed by atoms with E-state index >= 15 is 0 Å². The molecule has 2 aromatic rings. The van der Waals surface area contributed by atoms with Gasteiger partial charge in [0, 0.05) is 53.3 Å². The molecule has 1 aliphatic rings. The normalized spacial score (nSPS) is 18.1. The van der Waals surface area contributed by atoms with E-state index in [1.165, 1.54) is 11.8 Å². The molecule has 0 fully saturated rings. The first-order valence-electron chi connectivity index (χ1n) is 11.4. The molecule has 188 valence electrons. The summed E-state index contributed by atoms with van der Waals surface area (Å²) in [5.74, 6) is -1.78. The first-order chi connectivity index (χ1) is 16.4. The number of rotatable bonds is 7. The lowest BCUT2D eigenvalue weighted by Crippen LogP contribution is -2.45. The number of aliphatic carboxylic acids is 1. The van der Waals surface area contributed by atoms with E-state index in [1.54, 1.807) is 23.1 Å². The van der Waals surface area contributed by atoms with Crippen LogP contribution >= 0.6 is 23.2 Å². The minimum atomic E-state index is -1.13. The van der Waals surface area contributed by atoms with Crippen LogP contribution in [0.4, 0.5) is 5.69 Å². The van der Waals surface area contributed by atoms with Gasteiger partial charge in [0.25, 0.3) is 5.91 Å². The van der Waals surface area contributed by atoms with Crippen molar-refractivity contribution in [3.05, 3.63) is 63.6 Å². The molecule has 2 unspecified atom stereocenters. The van der Waals surface area contributed by atoms with Crippen LogP contribution in [0.1, 0.15) is 51.3 Å². The van der Waals surface area contributed by atoms with E-state index in [0.29, 0.717) is 33.4 Å². The van der Waals surface area contributed by atoms with Gasteiger partial charge in [-0.2, -0.15) is 0 Å². The lowest BCUT2D eigenvalue weighted by molar-refractivity contribution is -0.144. The number of fused-ring (bicyclic) bond motifs is 1. The number of carbonyl (C=O) groups excluding carboxylic acids is 2. The summed E-state index contributed by atoms with van der Waals surface area (Å²) in [5, 5.41) is 10.2. The maximum atomic E-state index is 13.9. The fourth-order valence-electron chi connectivity index (χ4n) is 4.11. The average molecular weight is 521 g/mol. The maximum absolute atomic E-state index is 13.9. The molecule has 0 saturated carbocycles. The predicted molar refractivity (Wildman–Crippen MR) is 136 cm³/mol. The van der Waals surface area contributed by atoms with E-state index in [2.05, 4.69) is 0 Å². The number of benzene rings is 2. The number of nitrogens with zero attached hydrogens (tertiary/aromatic N) is 2. The van der Waals surface area contributed by atoms with E-state index in [1.807, 2.05) is 45.0 Å². The Labute approximate surface area is 215 Å². The van der Waals surface area contributed by atoms with Gasteiger partial charge < -0.3 is 19.6 Å². The van der Waals surface area contributed by atoms with Crippen LogP contribution in [0.3, 0.4) is 0 Å². The second-order valence-corrected chi connectivity index (χ2v) is 10.7. The van der Waals surface area contributed by atoms with Crippen LogP contribution in [-0.2, 0) is 19.1 Å². The first-order valence-corrected chi connectivity index (χ1v) is 12.1. The van der Waals surface area contributed by atoms with E-state index in [4.69, 9.17) is 27.9 Å². The average Bonchev–Trinajstić information content (AvgIpc) is 2.85. The minimum absolute atomic E-state index is 0.0493. The Kier molecular flexibility index (Phi) is 8.46. The van der Waals surface area contributed by atoms with Crippen molar-refractivity contribution in [2.75, 3.05) is 24.5 Å². The second-order valence-electron chi connectivity index (χ2n) is 9.84. The molecule has 2 aromatic carbocycles. The zero-order valence-electron chi connectivity index (χ0n) is 20.3. The third-order valence-electron chi connectivity index (χ3n) is 5.66. The van der Waals surface area contributed by atoms with Crippen LogP contribution in [0.5, 0.6) is 0 Å². The Balaban J connectivity index is 2.09. The van der Waals surface area contributed by atoms with Crippen molar-refractivity contribution in [2.45, 2.75) is 46.3 Å². The Morgan fingerprint density at radius 1 is 1.11 bits per heavy atom. The van der Waals surface area contributed by atoms with Gasteiger partial charge in [-0.25, -0.2) is 0 Å². The minimum Gasteiger partial charge on any atom is -0.480 e. The molecule has 3 rings (SSSR count). The highest BCUT2D eigenvalue weighted by atomic mass is 35.5. The summed E-state index contributed by atoms with van der Waals surface area (Å²) in [4.78, 5) is 40.0.